The molecule has 1 atom stereocenters. The Labute approximate surface area is 123 Å². The van der Waals surface area contributed by atoms with Crippen LogP contribution < -0.4 is 10.6 Å². The Bertz CT molecular complexity index is 565. The number of hydrogen-bond acceptors (Lipinski definition) is 2. The van der Waals surface area contributed by atoms with E-state index < -0.39 is 0 Å². The van der Waals surface area contributed by atoms with Gasteiger partial charge in [-0.2, -0.15) is 0 Å². The van der Waals surface area contributed by atoms with E-state index in [1.807, 2.05) is 49.3 Å². The number of rotatable bonds is 3. The highest BCUT2D eigenvalue weighted by atomic mass is 35.5. The second-order valence-electron chi connectivity index (χ2n) is 4.63. The molecule has 1 unspecified atom stereocenters. The first-order chi connectivity index (χ1) is 8.99. The van der Waals surface area contributed by atoms with E-state index in [1.54, 1.807) is 12.1 Å². The predicted molar refractivity (Wildman–Crippen MR) is 83.3 cm³/mol. The first kappa shape index (κ1) is 14.2. The van der Waals surface area contributed by atoms with Gasteiger partial charge in [-0.25, -0.2) is 0 Å². The fraction of sp³-hybridized carbons (Fsp3) is 0.200. The molecule has 0 radical (unpaired) electrons. The van der Waals surface area contributed by atoms with Crippen LogP contribution in [0.3, 0.4) is 0 Å². The summed E-state index contributed by atoms with van der Waals surface area (Å²) in [4.78, 5) is 2.04. The van der Waals surface area contributed by atoms with Gasteiger partial charge in [0, 0.05) is 29.8 Å². The molecule has 0 aliphatic rings. The van der Waals surface area contributed by atoms with E-state index in [4.69, 9.17) is 28.9 Å². The summed E-state index contributed by atoms with van der Waals surface area (Å²) in [6, 6.07) is 13.2. The van der Waals surface area contributed by atoms with Crippen molar-refractivity contribution in [3.05, 3.63) is 63.6 Å². The van der Waals surface area contributed by atoms with E-state index in [1.165, 1.54) is 0 Å². The van der Waals surface area contributed by atoms with Crippen LogP contribution in [0.15, 0.2) is 42.5 Å². The summed E-state index contributed by atoms with van der Waals surface area (Å²) in [6.07, 6.45) is 0. The molecule has 0 saturated heterocycles. The van der Waals surface area contributed by atoms with E-state index in [0.717, 1.165) is 16.8 Å². The Morgan fingerprint density at radius 2 is 1.63 bits per heavy atom. The molecule has 0 heterocycles. The van der Waals surface area contributed by atoms with Crippen molar-refractivity contribution >= 4 is 28.9 Å². The molecule has 2 aromatic carbocycles. The molecule has 0 saturated carbocycles. The molecule has 2 nitrogen and oxygen atoms in total. The molecule has 0 aliphatic heterocycles. The highest BCUT2D eigenvalue weighted by molar-refractivity contribution is 6.33. The molecular weight excluding hydrogens is 279 g/mol. The molecule has 2 N–H and O–H groups in total. The van der Waals surface area contributed by atoms with Gasteiger partial charge in [0.15, 0.2) is 0 Å². The lowest BCUT2D eigenvalue weighted by molar-refractivity contribution is 0.871. The highest BCUT2D eigenvalue weighted by Gasteiger charge is 2.13. The minimum atomic E-state index is -0.276. The van der Waals surface area contributed by atoms with Gasteiger partial charge < -0.3 is 10.6 Å². The Morgan fingerprint density at radius 1 is 1.00 bits per heavy atom. The van der Waals surface area contributed by atoms with Gasteiger partial charge in [0.25, 0.3) is 0 Å². The monoisotopic (exact) mass is 294 g/mol. The van der Waals surface area contributed by atoms with E-state index in [2.05, 4.69) is 0 Å². The first-order valence-electron chi connectivity index (χ1n) is 5.97. The second kappa shape index (κ2) is 5.83. The molecule has 0 bridgehead atoms. The van der Waals surface area contributed by atoms with Gasteiger partial charge >= 0.3 is 0 Å². The van der Waals surface area contributed by atoms with Crippen molar-refractivity contribution in [3.63, 3.8) is 0 Å². The number of halogens is 2. The third-order valence-electron chi connectivity index (χ3n) is 3.06. The van der Waals surface area contributed by atoms with Crippen molar-refractivity contribution in [2.24, 2.45) is 5.73 Å². The summed E-state index contributed by atoms with van der Waals surface area (Å²) >= 11 is 12.2. The fourth-order valence-corrected chi connectivity index (χ4v) is 2.33. The van der Waals surface area contributed by atoms with Crippen LogP contribution in [0, 0.1) is 0 Å². The van der Waals surface area contributed by atoms with Crippen molar-refractivity contribution in [2.45, 2.75) is 6.04 Å². The zero-order chi connectivity index (χ0) is 14.0. The van der Waals surface area contributed by atoms with Crippen LogP contribution in [0.25, 0.3) is 0 Å². The fourth-order valence-electron chi connectivity index (χ4n) is 1.91. The number of benzene rings is 2. The molecule has 0 spiro atoms. The van der Waals surface area contributed by atoms with E-state index >= 15 is 0 Å². The van der Waals surface area contributed by atoms with Crippen molar-refractivity contribution in [2.75, 3.05) is 19.0 Å². The molecule has 19 heavy (non-hydrogen) atoms. The zero-order valence-corrected chi connectivity index (χ0v) is 12.4. The normalized spacial score (nSPS) is 12.3. The molecule has 100 valence electrons. The van der Waals surface area contributed by atoms with Gasteiger partial charge in [0.2, 0.25) is 0 Å². The minimum absolute atomic E-state index is 0.276. The summed E-state index contributed by atoms with van der Waals surface area (Å²) in [6.45, 7) is 0. The summed E-state index contributed by atoms with van der Waals surface area (Å²) in [5, 5.41) is 1.27. The van der Waals surface area contributed by atoms with Crippen molar-refractivity contribution in [1.82, 2.24) is 0 Å². The molecule has 2 aromatic rings. The molecule has 0 fully saturated rings. The first-order valence-corrected chi connectivity index (χ1v) is 6.72. The maximum Gasteiger partial charge on any atom is 0.0566 e. The highest BCUT2D eigenvalue weighted by Crippen LogP contribution is 2.29. The van der Waals surface area contributed by atoms with E-state index in [9.17, 15) is 0 Å². The Morgan fingerprint density at radius 3 is 2.21 bits per heavy atom. The average molecular weight is 295 g/mol. The SMILES string of the molecule is CN(C)c1ccc(C(N)c2cc(Cl)ccc2Cl)cc1. The number of nitrogens with two attached hydrogens (primary N) is 1. The number of nitrogens with zero attached hydrogens (tertiary/aromatic N) is 1. The lowest BCUT2D eigenvalue weighted by atomic mass is 9.99. The summed E-state index contributed by atoms with van der Waals surface area (Å²) in [5.74, 6) is 0. The molecule has 0 amide bonds. The topological polar surface area (TPSA) is 29.3 Å². The van der Waals surface area contributed by atoms with Crippen molar-refractivity contribution < 1.29 is 0 Å². The third kappa shape index (κ3) is 3.21. The van der Waals surface area contributed by atoms with Crippen LogP contribution in [0.4, 0.5) is 5.69 Å². The molecule has 0 aliphatic carbocycles. The lowest BCUT2D eigenvalue weighted by Gasteiger charge is -2.17. The van der Waals surface area contributed by atoms with Gasteiger partial charge in [0.05, 0.1) is 6.04 Å². The second-order valence-corrected chi connectivity index (χ2v) is 5.47. The minimum Gasteiger partial charge on any atom is -0.378 e. The van der Waals surface area contributed by atoms with E-state index in [0.29, 0.717) is 10.0 Å². The van der Waals surface area contributed by atoms with Gasteiger partial charge in [-0.1, -0.05) is 35.3 Å². The van der Waals surface area contributed by atoms with E-state index in [-0.39, 0.29) is 6.04 Å². The van der Waals surface area contributed by atoms with Crippen LogP contribution in [-0.2, 0) is 0 Å². The molecular formula is C15H16Cl2N2. The van der Waals surface area contributed by atoms with Gasteiger partial charge in [0.1, 0.15) is 0 Å². The van der Waals surface area contributed by atoms with Crippen LogP contribution >= 0.6 is 23.2 Å². The van der Waals surface area contributed by atoms with Crippen LogP contribution in [0.2, 0.25) is 10.0 Å². The van der Waals surface area contributed by atoms with Crippen LogP contribution in [-0.4, -0.2) is 14.1 Å². The molecule has 4 heteroatoms. The average Bonchev–Trinajstić information content (AvgIpc) is 2.41. The van der Waals surface area contributed by atoms with Crippen LogP contribution in [0.1, 0.15) is 17.2 Å². The maximum absolute atomic E-state index is 6.26. The van der Waals surface area contributed by atoms with Gasteiger partial charge in [-0.05, 0) is 41.5 Å². The number of hydrogen-bond donors (Lipinski definition) is 1. The smallest absolute Gasteiger partial charge is 0.0566 e. The Balaban J connectivity index is 2.33. The summed E-state index contributed by atoms with van der Waals surface area (Å²) < 4.78 is 0. The third-order valence-corrected chi connectivity index (χ3v) is 3.64. The largest absolute Gasteiger partial charge is 0.378 e. The maximum atomic E-state index is 6.26. The van der Waals surface area contributed by atoms with Gasteiger partial charge in [-0.3, -0.25) is 0 Å². The molecule has 0 aromatic heterocycles. The Hall–Kier alpha value is -1.22. The summed E-state index contributed by atoms with van der Waals surface area (Å²) in [7, 11) is 4.01. The van der Waals surface area contributed by atoms with Crippen LogP contribution in [0.5, 0.6) is 0 Å². The van der Waals surface area contributed by atoms with Gasteiger partial charge in [-0.15, -0.1) is 0 Å². The molecule has 2 rings (SSSR count). The Kier molecular flexibility index (Phi) is 4.35. The summed E-state index contributed by atoms with van der Waals surface area (Å²) in [5.41, 5.74) is 9.24. The van der Waals surface area contributed by atoms with Crippen molar-refractivity contribution in [3.8, 4) is 0 Å². The quantitative estimate of drug-likeness (QED) is 0.923. The standard InChI is InChI=1S/C15H16Cl2N2/c1-19(2)12-6-3-10(4-7-12)15(18)13-9-11(16)5-8-14(13)17/h3-9,15H,18H2,1-2H3. The number of anilines is 1. The zero-order valence-electron chi connectivity index (χ0n) is 10.9. The lowest BCUT2D eigenvalue weighted by Crippen LogP contribution is -2.13. The van der Waals surface area contributed by atoms with Crippen molar-refractivity contribution in [1.29, 1.82) is 0 Å². The predicted octanol–water partition coefficient (Wildman–Crippen LogP) is 4.11.